The van der Waals surface area contributed by atoms with Crippen molar-refractivity contribution in [2.24, 2.45) is 0 Å². The van der Waals surface area contributed by atoms with E-state index in [4.69, 9.17) is 16.6 Å². The molecule has 1 aliphatic heterocycles. The summed E-state index contributed by atoms with van der Waals surface area (Å²) >= 11 is 6.63. The van der Waals surface area contributed by atoms with Gasteiger partial charge in [0, 0.05) is 7.05 Å². The van der Waals surface area contributed by atoms with E-state index < -0.39 is 0 Å². The molecule has 0 amide bonds. The minimum atomic E-state index is -0.299. The maximum atomic E-state index is 12.1. The molecule has 4 nitrogen and oxygen atoms in total. The third-order valence-electron chi connectivity index (χ3n) is 2.98. The number of thioether (sulfide) groups is 1. The van der Waals surface area contributed by atoms with Crippen LogP contribution in [0.15, 0.2) is 22.8 Å². The molecule has 1 fully saturated rings. The molecule has 1 aromatic heterocycles. The number of likely N-dealkylation sites (N-methyl/N-ethyl adjacent to an activating group) is 1. The van der Waals surface area contributed by atoms with Gasteiger partial charge in [-0.1, -0.05) is 12.2 Å². The van der Waals surface area contributed by atoms with Crippen LogP contribution in [-0.2, 0) is 0 Å². The molecule has 0 N–H and O–H groups in total. The van der Waals surface area contributed by atoms with Crippen LogP contribution < -0.4 is 0 Å². The van der Waals surface area contributed by atoms with Gasteiger partial charge in [0.25, 0.3) is 0 Å². The average molecular weight is 270 g/mol. The van der Waals surface area contributed by atoms with Gasteiger partial charge in [-0.05, 0) is 37.7 Å². The summed E-state index contributed by atoms with van der Waals surface area (Å²) in [5.74, 6) is 0.553. The van der Waals surface area contributed by atoms with Crippen molar-refractivity contribution in [3.05, 3.63) is 29.4 Å². The van der Waals surface area contributed by atoms with Gasteiger partial charge >= 0.3 is 0 Å². The van der Waals surface area contributed by atoms with Crippen LogP contribution in [0.4, 0.5) is 0 Å². The lowest BCUT2D eigenvalue weighted by molar-refractivity contribution is -0.481. The molecule has 92 valence electrons. The molecule has 1 aliphatic rings. The fourth-order valence-corrected chi connectivity index (χ4v) is 3.35. The molecule has 0 unspecified atom stereocenters. The molecule has 0 radical (unpaired) electrons. The standard InChI is InChI=1S/C11H14N2O2S2/c1-11(2)9(17-10(16)12(11)3)13(14)7-8-5-4-6-15-8/h4-7,9H,1-3H3/b13-7+/t9-/m1/s1. The molecule has 1 atom stereocenters. The number of hydrogen-bond donors (Lipinski definition) is 0. The third kappa shape index (κ3) is 2.19. The molecule has 0 aromatic carbocycles. The van der Waals surface area contributed by atoms with E-state index >= 15 is 0 Å². The van der Waals surface area contributed by atoms with Gasteiger partial charge in [-0.2, -0.15) is 4.74 Å². The Morgan fingerprint density at radius 1 is 1.65 bits per heavy atom. The fourth-order valence-electron chi connectivity index (χ4n) is 1.64. The number of thiocarbonyl (C=S) groups is 1. The van der Waals surface area contributed by atoms with Crippen LogP contribution in [0.25, 0.3) is 0 Å². The SMILES string of the molecule is CN1C(=S)S[C@@H](/[N+]([O-])=C\c2ccco2)C1(C)C. The molecule has 17 heavy (non-hydrogen) atoms. The molecule has 6 heteroatoms. The smallest absolute Gasteiger partial charge is 0.238 e. The summed E-state index contributed by atoms with van der Waals surface area (Å²) in [7, 11) is 1.91. The Morgan fingerprint density at radius 2 is 2.35 bits per heavy atom. The molecular formula is C11H14N2O2S2. The maximum absolute atomic E-state index is 12.1. The number of rotatable bonds is 2. The van der Waals surface area contributed by atoms with E-state index in [1.165, 1.54) is 18.0 Å². The molecule has 1 aromatic rings. The first-order chi connectivity index (χ1) is 7.93. The van der Waals surface area contributed by atoms with E-state index in [-0.39, 0.29) is 10.9 Å². The van der Waals surface area contributed by atoms with E-state index in [1.807, 2.05) is 25.8 Å². The van der Waals surface area contributed by atoms with Gasteiger partial charge in [0.1, 0.15) is 9.86 Å². The van der Waals surface area contributed by atoms with Gasteiger partial charge in [0.2, 0.25) is 11.6 Å². The molecule has 0 bridgehead atoms. The zero-order chi connectivity index (χ0) is 12.6. The number of hydrogen-bond acceptors (Lipinski definition) is 4. The molecule has 0 saturated carbocycles. The van der Waals surface area contributed by atoms with Crippen molar-refractivity contribution in [1.82, 2.24) is 4.90 Å². The van der Waals surface area contributed by atoms with Gasteiger partial charge in [-0.25, -0.2) is 0 Å². The van der Waals surface area contributed by atoms with Crippen LogP contribution >= 0.6 is 24.0 Å². The van der Waals surface area contributed by atoms with Crippen LogP contribution in [0.1, 0.15) is 19.6 Å². The highest BCUT2D eigenvalue weighted by molar-refractivity contribution is 8.23. The van der Waals surface area contributed by atoms with Crippen molar-refractivity contribution >= 4 is 34.5 Å². The zero-order valence-corrected chi connectivity index (χ0v) is 11.5. The van der Waals surface area contributed by atoms with E-state index in [1.54, 1.807) is 18.4 Å². The van der Waals surface area contributed by atoms with Crippen LogP contribution in [0.2, 0.25) is 0 Å². The lowest BCUT2D eigenvalue weighted by Gasteiger charge is -2.30. The molecule has 2 heterocycles. The topological polar surface area (TPSA) is 42.5 Å². The second kappa shape index (κ2) is 4.34. The maximum Gasteiger partial charge on any atom is 0.238 e. The summed E-state index contributed by atoms with van der Waals surface area (Å²) in [6, 6.07) is 3.50. The Hall–Kier alpha value is -1.01. The van der Waals surface area contributed by atoms with Crippen molar-refractivity contribution in [3.63, 3.8) is 0 Å². The van der Waals surface area contributed by atoms with Gasteiger partial charge in [-0.15, -0.1) is 0 Å². The van der Waals surface area contributed by atoms with Crippen molar-refractivity contribution in [3.8, 4) is 0 Å². The number of nitrogens with zero attached hydrogens (tertiary/aromatic N) is 2. The Kier molecular flexibility index (Phi) is 3.18. The number of hydroxylamine groups is 1. The van der Waals surface area contributed by atoms with Crippen LogP contribution in [0, 0.1) is 5.21 Å². The predicted molar refractivity (Wildman–Crippen MR) is 73.3 cm³/mol. The van der Waals surface area contributed by atoms with Crippen LogP contribution in [-0.4, -0.2) is 38.1 Å². The van der Waals surface area contributed by atoms with Gasteiger partial charge in [0.15, 0.2) is 5.76 Å². The first-order valence-electron chi connectivity index (χ1n) is 5.21. The number of furan rings is 1. The Balaban J connectivity index is 2.27. The van der Waals surface area contributed by atoms with E-state index in [2.05, 4.69) is 0 Å². The Labute approximate surface area is 110 Å². The lowest BCUT2D eigenvalue weighted by atomic mass is 10.0. The first kappa shape index (κ1) is 12.4. The monoisotopic (exact) mass is 270 g/mol. The molecule has 1 saturated heterocycles. The molecule has 2 rings (SSSR count). The Morgan fingerprint density at radius 3 is 2.82 bits per heavy atom. The van der Waals surface area contributed by atoms with Crippen molar-refractivity contribution in [1.29, 1.82) is 0 Å². The summed E-state index contributed by atoms with van der Waals surface area (Å²) in [4.78, 5) is 1.96. The lowest BCUT2D eigenvalue weighted by Crippen LogP contribution is -2.46. The second-order valence-corrected chi connectivity index (χ2v) is 6.17. The zero-order valence-electron chi connectivity index (χ0n) is 9.91. The van der Waals surface area contributed by atoms with Crippen molar-refractivity contribution in [2.75, 3.05) is 7.05 Å². The Bertz CT molecular complexity index is 454. The highest BCUT2D eigenvalue weighted by Crippen LogP contribution is 2.38. The summed E-state index contributed by atoms with van der Waals surface area (Å²) in [5, 5.41) is 11.9. The average Bonchev–Trinajstić information content (AvgIpc) is 2.82. The minimum Gasteiger partial charge on any atom is -0.623 e. The van der Waals surface area contributed by atoms with E-state index in [9.17, 15) is 5.21 Å². The largest absolute Gasteiger partial charge is 0.623 e. The third-order valence-corrected chi connectivity index (χ3v) is 5.03. The summed E-state index contributed by atoms with van der Waals surface area (Å²) in [6.07, 6.45) is 3.00. The molecule has 0 aliphatic carbocycles. The van der Waals surface area contributed by atoms with Gasteiger partial charge in [-0.3, -0.25) is 0 Å². The molecule has 0 spiro atoms. The first-order valence-corrected chi connectivity index (χ1v) is 6.50. The summed E-state index contributed by atoms with van der Waals surface area (Å²) in [6.45, 7) is 4.01. The van der Waals surface area contributed by atoms with Crippen LogP contribution in [0.3, 0.4) is 0 Å². The van der Waals surface area contributed by atoms with Crippen molar-refractivity contribution in [2.45, 2.75) is 24.8 Å². The normalized spacial score (nSPS) is 24.4. The second-order valence-electron chi connectivity index (χ2n) is 4.45. The minimum absolute atomic E-state index is 0.259. The highest BCUT2D eigenvalue weighted by Gasteiger charge is 2.48. The summed E-state index contributed by atoms with van der Waals surface area (Å²) in [5.41, 5.74) is -0.299. The van der Waals surface area contributed by atoms with E-state index in [0.717, 1.165) is 9.06 Å². The summed E-state index contributed by atoms with van der Waals surface area (Å²) < 4.78 is 6.79. The van der Waals surface area contributed by atoms with Crippen molar-refractivity contribution < 1.29 is 9.16 Å². The highest BCUT2D eigenvalue weighted by atomic mass is 32.2. The van der Waals surface area contributed by atoms with Gasteiger partial charge < -0.3 is 14.5 Å². The van der Waals surface area contributed by atoms with Crippen LogP contribution in [0.5, 0.6) is 0 Å². The fraction of sp³-hybridized carbons (Fsp3) is 0.455. The predicted octanol–water partition coefficient (Wildman–Crippen LogP) is 2.28. The van der Waals surface area contributed by atoms with Gasteiger partial charge in [0.05, 0.1) is 6.26 Å². The quantitative estimate of drug-likeness (QED) is 0.271. The van der Waals surface area contributed by atoms with E-state index in [0.29, 0.717) is 5.76 Å². The molecular weight excluding hydrogens is 256 g/mol.